The van der Waals surface area contributed by atoms with Crippen LogP contribution in [0.1, 0.15) is 11.1 Å². The van der Waals surface area contributed by atoms with Crippen LogP contribution >= 0.6 is 34.7 Å². The van der Waals surface area contributed by atoms with Gasteiger partial charge in [0, 0.05) is 10.8 Å². The molecule has 0 bridgehead atoms. The molecule has 0 saturated carbocycles. The van der Waals surface area contributed by atoms with Gasteiger partial charge in [-0.25, -0.2) is 8.42 Å². The van der Waals surface area contributed by atoms with Crippen LogP contribution in [0.4, 0.5) is 5.13 Å². The van der Waals surface area contributed by atoms with Gasteiger partial charge < -0.3 is 0 Å². The van der Waals surface area contributed by atoms with Crippen LogP contribution in [0, 0.1) is 0 Å². The highest BCUT2D eigenvalue weighted by Crippen LogP contribution is 2.29. The van der Waals surface area contributed by atoms with Crippen molar-refractivity contribution in [3.05, 3.63) is 70.7 Å². The summed E-state index contributed by atoms with van der Waals surface area (Å²) in [6.07, 6.45) is 0. The standard InChI is InChI=1S/C16H14ClN3O2S3/c17-14-9-5-4-8-13(14)11-25(21,22)20-15-18-19-16(24-15)23-10-12-6-2-1-3-7-12/h1-9H,10-11H2,(H,18,20). The molecule has 0 radical (unpaired) electrons. The van der Waals surface area contributed by atoms with Crippen molar-refractivity contribution in [1.29, 1.82) is 0 Å². The van der Waals surface area contributed by atoms with Crippen molar-refractivity contribution in [2.45, 2.75) is 15.8 Å². The molecule has 0 aliphatic carbocycles. The van der Waals surface area contributed by atoms with Crippen LogP contribution in [0.5, 0.6) is 0 Å². The van der Waals surface area contributed by atoms with E-state index in [2.05, 4.69) is 14.9 Å². The number of nitrogens with zero attached hydrogens (tertiary/aromatic N) is 2. The van der Waals surface area contributed by atoms with Gasteiger partial charge in [0.05, 0.1) is 5.75 Å². The fraction of sp³-hybridized carbons (Fsp3) is 0.125. The number of anilines is 1. The van der Waals surface area contributed by atoms with E-state index in [-0.39, 0.29) is 10.9 Å². The summed E-state index contributed by atoms with van der Waals surface area (Å²) >= 11 is 8.74. The lowest BCUT2D eigenvalue weighted by molar-refractivity contribution is 0.600. The van der Waals surface area contributed by atoms with Crippen LogP contribution in [0.25, 0.3) is 0 Å². The Bertz CT molecular complexity index is 946. The van der Waals surface area contributed by atoms with E-state index in [9.17, 15) is 8.42 Å². The number of hydrogen-bond donors (Lipinski definition) is 1. The van der Waals surface area contributed by atoms with E-state index in [1.54, 1.807) is 24.3 Å². The van der Waals surface area contributed by atoms with E-state index < -0.39 is 10.0 Å². The maximum Gasteiger partial charge on any atom is 0.238 e. The Kier molecular flexibility index (Phi) is 5.95. The molecule has 3 rings (SSSR count). The lowest BCUT2D eigenvalue weighted by Crippen LogP contribution is -2.15. The summed E-state index contributed by atoms with van der Waals surface area (Å²) in [5.74, 6) is 0.542. The summed E-state index contributed by atoms with van der Waals surface area (Å²) in [5, 5.41) is 8.59. The molecule has 9 heteroatoms. The molecule has 1 N–H and O–H groups in total. The molecule has 3 aromatic rings. The van der Waals surface area contributed by atoms with Gasteiger partial charge in [-0.1, -0.05) is 83.2 Å². The highest BCUT2D eigenvalue weighted by Gasteiger charge is 2.16. The molecule has 1 aromatic heterocycles. The fourth-order valence-corrected chi connectivity index (χ4v) is 5.45. The molecule has 130 valence electrons. The predicted molar refractivity (Wildman–Crippen MR) is 104 cm³/mol. The van der Waals surface area contributed by atoms with Gasteiger partial charge in [0.25, 0.3) is 0 Å². The van der Waals surface area contributed by atoms with Gasteiger partial charge in [-0.2, -0.15) is 0 Å². The minimum Gasteiger partial charge on any atom is -0.257 e. The first-order chi connectivity index (χ1) is 12.0. The second kappa shape index (κ2) is 8.18. The number of nitrogens with one attached hydrogen (secondary N) is 1. The molecule has 25 heavy (non-hydrogen) atoms. The molecule has 0 atom stereocenters. The SMILES string of the molecule is O=S(=O)(Cc1ccccc1Cl)Nc1nnc(SCc2ccccc2)s1. The summed E-state index contributed by atoms with van der Waals surface area (Å²) < 4.78 is 27.7. The van der Waals surface area contributed by atoms with Gasteiger partial charge in [0.1, 0.15) is 0 Å². The van der Waals surface area contributed by atoms with Gasteiger partial charge in [-0.05, 0) is 17.2 Å². The number of benzene rings is 2. The Morgan fingerprint density at radius 1 is 1.04 bits per heavy atom. The molecule has 0 aliphatic heterocycles. The topological polar surface area (TPSA) is 72.0 Å². The smallest absolute Gasteiger partial charge is 0.238 e. The van der Waals surface area contributed by atoms with E-state index in [0.29, 0.717) is 14.9 Å². The number of sulfonamides is 1. The Morgan fingerprint density at radius 3 is 2.52 bits per heavy atom. The Hall–Kier alpha value is -1.61. The molecular weight excluding hydrogens is 398 g/mol. The zero-order valence-electron chi connectivity index (χ0n) is 12.9. The average Bonchev–Trinajstić information content (AvgIpc) is 3.02. The zero-order valence-corrected chi connectivity index (χ0v) is 16.1. The van der Waals surface area contributed by atoms with Crippen LogP contribution in [0.15, 0.2) is 58.9 Å². The van der Waals surface area contributed by atoms with Crippen molar-refractivity contribution < 1.29 is 8.42 Å². The summed E-state index contributed by atoms with van der Waals surface area (Å²) in [5.41, 5.74) is 1.71. The minimum atomic E-state index is -3.60. The highest BCUT2D eigenvalue weighted by molar-refractivity contribution is 8.00. The van der Waals surface area contributed by atoms with Crippen molar-refractivity contribution in [2.24, 2.45) is 0 Å². The van der Waals surface area contributed by atoms with Crippen molar-refractivity contribution in [1.82, 2.24) is 10.2 Å². The maximum atomic E-state index is 12.3. The molecule has 2 aromatic carbocycles. The van der Waals surface area contributed by atoms with E-state index >= 15 is 0 Å². The molecule has 0 aliphatic rings. The van der Waals surface area contributed by atoms with Crippen molar-refractivity contribution >= 4 is 49.9 Å². The first kappa shape index (κ1) is 18.2. The highest BCUT2D eigenvalue weighted by atomic mass is 35.5. The maximum absolute atomic E-state index is 12.3. The monoisotopic (exact) mass is 411 g/mol. The molecule has 0 unspecified atom stereocenters. The Labute approximate surface area is 159 Å². The largest absolute Gasteiger partial charge is 0.257 e. The van der Waals surface area contributed by atoms with Crippen molar-refractivity contribution in [3.8, 4) is 0 Å². The van der Waals surface area contributed by atoms with Crippen LogP contribution in [-0.2, 0) is 21.5 Å². The van der Waals surface area contributed by atoms with Crippen molar-refractivity contribution in [3.63, 3.8) is 0 Å². The molecule has 5 nitrogen and oxygen atoms in total. The summed E-state index contributed by atoms with van der Waals surface area (Å²) in [7, 11) is -3.60. The first-order valence-corrected chi connectivity index (χ1v) is 11.1. The minimum absolute atomic E-state index is 0.210. The van der Waals surface area contributed by atoms with Gasteiger partial charge in [0.2, 0.25) is 15.2 Å². The molecular formula is C16H14ClN3O2S3. The number of halogens is 1. The molecule has 0 saturated heterocycles. The van der Waals surface area contributed by atoms with Crippen molar-refractivity contribution in [2.75, 3.05) is 4.72 Å². The third kappa shape index (κ3) is 5.43. The summed E-state index contributed by atoms with van der Waals surface area (Å²) in [6.45, 7) is 0. The van der Waals surface area contributed by atoms with Gasteiger partial charge in [-0.3, -0.25) is 4.72 Å². The molecule has 0 spiro atoms. The third-order valence-electron chi connectivity index (χ3n) is 3.16. The van der Waals surface area contributed by atoms with E-state index in [4.69, 9.17) is 11.6 Å². The van der Waals surface area contributed by atoms with Crippen LogP contribution in [0.3, 0.4) is 0 Å². The summed E-state index contributed by atoms with van der Waals surface area (Å²) in [6, 6.07) is 16.8. The predicted octanol–water partition coefficient (Wildman–Crippen LogP) is 4.43. The Morgan fingerprint density at radius 2 is 1.76 bits per heavy atom. The zero-order chi connectivity index (χ0) is 17.7. The quantitative estimate of drug-likeness (QED) is 0.582. The number of hydrogen-bond acceptors (Lipinski definition) is 6. The molecule has 1 heterocycles. The number of rotatable bonds is 7. The number of aromatic nitrogens is 2. The molecule has 0 fully saturated rings. The second-order valence-corrected chi connectivity index (χ2v) is 9.43. The van der Waals surface area contributed by atoms with Crippen LogP contribution in [0.2, 0.25) is 5.02 Å². The van der Waals surface area contributed by atoms with E-state index in [1.807, 2.05) is 30.3 Å². The fourth-order valence-electron chi connectivity index (χ4n) is 2.02. The normalized spacial score (nSPS) is 11.4. The third-order valence-corrected chi connectivity index (χ3v) is 6.89. The van der Waals surface area contributed by atoms with Gasteiger partial charge in [0.15, 0.2) is 4.34 Å². The second-order valence-electron chi connectivity index (χ2n) is 5.10. The lowest BCUT2D eigenvalue weighted by atomic mass is 10.2. The van der Waals surface area contributed by atoms with Crippen LogP contribution in [-0.4, -0.2) is 18.6 Å². The average molecular weight is 412 g/mol. The summed E-state index contributed by atoms with van der Waals surface area (Å²) in [4.78, 5) is 0. The first-order valence-electron chi connectivity index (χ1n) is 7.26. The van der Waals surface area contributed by atoms with Gasteiger partial charge >= 0.3 is 0 Å². The van der Waals surface area contributed by atoms with Gasteiger partial charge in [-0.15, -0.1) is 10.2 Å². The van der Waals surface area contributed by atoms with E-state index in [0.717, 1.165) is 5.75 Å². The Balaban J connectivity index is 1.61. The van der Waals surface area contributed by atoms with Crippen LogP contribution < -0.4 is 4.72 Å². The van der Waals surface area contributed by atoms with E-state index in [1.165, 1.54) is 28.7 Å². The lowest BCUT2D eigenvalue weighted by Gasteiger charge is -2.06. The molecule has 0 amide bonds. The number of thioether (sulfide) groups is 1.